The number of aromatic nitrogens is 2. The van der Waals surface area contributed by atoms with E-state index in [4.69, 9.17) is 5.73 Å². The van der Waals surface area contributed by atoms with Gasteiger partial charge in [0.1, 0.15) is 17.2 Å². The van der Waals surface area contributed by atoms with E-state index >= 15 is 0 Å². The number of rotatable bonds is 2. The van der Waals surface area contributed by atoms with Gasteiger partial charge in [0.2, 0.25) is 0 Å². The Morgan fingerprint density at radius 2 is 1.75 bits per heavy atom. The van der Waals surface area contributed by atoms with E-state index in [1.54, 1.807) is 24.4 Å². The van der Waals surface area contributed by atoms with Crippen LogP contribution in [-0.4, -0.2) is 9.78 Å². The van der Waals surface area contributed by atoms with Crippen LogP contribution in [-0.2, 0) is 0 Å². The standard InChI is InChI=1S/C15H11FIN3/c16-12-3-1-2-4-14(12)20-9-13(18)15(19-20)10-5-7-11(17)8-6-10/h1-9H,18H2. The molecule has 0 spiro atoms. The molecule has 3 nitrogen and oxygen atoms in total. The Morgan fingerprint density at radius 3 is 2.45 bits per heavy atom. The molecule has 2 N–H and O–H groups in total. The molecular weight excluding hydrogens is 368 g/mol. The number of nitrogens with two attached hydrogens (primary N) is 1. The second-order valence-corrected chi connectivity index (χ2v) is 5.58. The summed E-state index contributed by atoms with van der Waals surface area (Å²) < 4.78 is 16.4. The summed E-state index contributed by atoms with van der Waals surface area (Å²) in [6.45, 7) is 0. The zero-order valence-electron chi connectivity index (χ0n) is 10.4. The van der Waals surface area contributed by atoms with E-state index in [0.29, 0.717) is 17.1 Å². The minimum absolute atomic E-state index is 0.329. The minimum atomic E-state index is -0.329. The monoisotopic (exact) mass is 379 g/mol. The Bertz CT molecular complexity index is 750. The lowest BCUT2D eigenvalue weighted by Crippen LogP contribution is -1.98. The lowest BCUT2D eigenvalue weighted by atomic mass is 10.1. The van der Waals surface area contributed by atoms with E-state index < -0.39 is 0 Å². The van der Waals surface area contributed by atoms with Crippen LogP contribution in [0.1, 0.15) is 0 Å². The van der Waals surface area contributed by atoms with E-state index in [2.05, 4.69) is 27.7 Å². The van der Waals surface area contributed by atoms with E-state index in [1.807, 2.05) is 24.3 Å². The van der Waals surface area contributed by atoms with Crippen LogP contribution in [0.4, 0.5) is 10.1 Å². The SMILES string of the molecule is Nc1cn(-c2ccccc2F)nc1-c1ccc(I)cc1. The van der Waals surface area contributed by atoms with Crippen molar-refractivity contribution in [2.45, 2.75) is 0 Å². The van der Waals surface area contributed by atoms with Crippen LogP contribution >= 0.6 is 22.6 Å². The van der Waals surface area contributed by atoms with Crippen molar-refractivity contribution in [1.29, 1.82) is 0 Å². The van der Waals surface area contributed by atoms with Gasteiger partial charge < -0.3 is 5.73 Å². The van der Waals surface area contributed by atoms with E-state index in [9.17, 15) is 4.39 Å². The molecule has 0 aliphatic carbocycles. The highest BCUT2D eigenvalue weighted by atomic mass is 127. The van der Waals surface area contributed by atoms with Crippen LogP contribution in [0.2, 0.25) is 0 Å². The van der Waals surface area contributed by atoms with Crippen molar-refractivity contribution in [1.82, 2.24) is 9.78 Å². The van der Waals surface area contributed by atoms with E-state index in [0.717, 1.165) is 9.13 Å². The molecule has 0 atom stereocenters. The van der Waals surface area contributed by atoms with Crippen molar-refractivity contribution in [3.8, 4) is 16.9 Å². The number of benzene rings is 2. The van der Waals surface area contributed by atoms with Crippen LogP contribution in [0.15, 0.2) is 54.7 Å². The molecule has 0 fully saturated rings. The molecule has 2 aromatic carbocycles. The second kappa shape index (κ2) is 5.24. The lowest BCUT2D eigenvalue weighted by Gasteiger charge is -2.02. The van der Waals surface area contributed by atoms with Gasteiger partial charge in [-0.05, 0) is 46.9 Å². The first-order valence-electron chi connectivity index (χ1n) is 6.01. The number of nitrogen functional groups attached to an aromatic ring is 1. The van der Waals surface area contributed by atoms with Gasteiger partial charge in [-0.3, -0.25) is 0 Å². The summed E-state index contributed by atoms with van der Waals surface area (Å²) >= 11 is 2.24. The number of hydrogen-bond donors (Lipinski definition) is 1. The van der Waals surface area contributed by atoms with Gasteiger partial charge in [0.05, 0.1) is 11.9 Å². The molecule has 0 bridgehead atoms. The van der Waals surface area contributed by atoms with Crippen molar-refractivity contribution in [3.05, 3.63) is 64.1 Å². The summed E-state index contributed by atoms with van der Waals surface area (Å²) in [6.07, 6.45) is 1.63. The quantitative estimate of drug-likeness (QED) is 0.688. The van der Waals surface area contributed by atoms with Crippen LogP contribution in [0.5, 0.6) is 0 Å². The highest BCUT2D eigenvalue weighted by Gasteiger charge is 2.11. The largest absolute Gasteiger partial charge is 0.396 e. The first-order valence-corrected chi connectivity index (χ1v) is 7.09. The van der Waals surface area contributed by atoms with Gasteiger partial charge in [-0.1, -0.05) is 24.3 Å². The van der Waals surface area contributed by atoms with Crippen LogP contribution in [0.3, 0.4) is 0 Å². The van der Waals surface area contributed by atoms with Crippen molar-refractivity contribution in [2.24, 2.45) is 0 Å². The predicted octanol–water partition coefficient (Wildman–Crippen LogP) is 3.87. The van der Waals surface area contributed by atoms with E-state index in [-0.39, 0.29) is 5.82 Å². The molecule has 100 valence electrons. The summed E-state index contributed by atoms with van der Waals surface area (Å²) in [6, 6.07) is 14.3. The van der Waals surface area contributed by atoms with E-state index in [1.165, 1.54) is 10.7 Å². The number of hydrogen-bond acceptors (Lipinski definition) is 2. The Hall–Kier alpha value is -1.89. The maximum atomic E-state index is 13.8. The smallest absolute Gasteiger partial charge is 0.148 e. The number of nitrogens with zero attached hydrogens (tertiary/aromatic N) is 2. The second-order valence-electron chi connectivity index (χ2n) is 4.34. The fourth-order valence-corrected chi connectivity index (χ4v) is 2.34. The molecule has 0 unspecified atom stereocenters. The summed E-state index contributed by atoms with van der Waals surface area (Å²) in [5.74, 6) is -0.329. The molecule has 20 heavy (non-hydrogen) atoms. The normalized spacial score (nSPS) is 10.7. The fraction of sp³-hybridized carbons (Fsp3) is 0. The van der Waals surface area contributed by atoms with Gasteiger partial charge >= 0.3 is 0 Å². The van der Waals surface area contributed by atoms with Crippen LogP contribution in [0.25, 0.3) is 16.9 Å². The van der Waals surface area contributed by atoms with Crippen molar-refractivity contribution >= 4 is 28.3 Å². The van der Waals surface area contributed by atoms with Crippen molar-refractivity contribution in [3.63, 3.8) is 0 Å². The predicted molar refractivity (Wildman–Crippen MR) is 86.1 cm³/mol. The molecule has 0 aliphatic rings. The molecule has 3 rings (SSSR count). The third-order valence-corrected chi connectivity index (χ3v) is 3.68. The molecule has 0 aliphatic heterocycles. The van der Waals surface area contributed by atoms with Crippen LogP contribution in [0, 0.1) is 9.39 Å². The molecule has 0 saturated carbocycles. The zero-order chi connectivity index (χ0) is 14.1. The molecule has 3 aromatic rings. The topological polar surface area (TPSA) is 43.8 Å². The van der Waals surface area contributed by atoms with Crippen molar-refractivity contribution < 1.29 is 4.39 Å². The zero-order valence-corrected chi connectivity index (χ0v) is 12.6. The first kappa shape index (κ1) is 13.1. The van der Waals surface area contributed by atoms with Crippen molar-refractivity contribution in [2.75, 3.05) is 5.73 Å². The molecule has 0 radical (unpaired) electrons. The third-order valence-electron chi connectivity index (χ3n) is 2.96. The first-order chi connectivity index (χ1) is 9.65. The Kier molecular flexibility index (Phi) is 3.43. The molecule has 0 saturated heterocycles. The Morgan fingerprint density at radius 1 is 1.05 bits per heavy atom. The molecular formula is C15H11FIN3. The lowest BCUT2D eigenvalue weighted by molar-refractivity contribution is 0.611. The fourth-order valence-electron chi connectivity index (χ4n) is 1.98. The van der Waals surface area contributed by atoms with Gasteiger partial charge in [0.15, 0.2) is 0 Å². The maximum Gasteiger partial charge on any atom is 0.148 e. The number of para-hydroxylation sites is 1. The Balaban J connectivity index is 2.08. The third kappa shape index (κ3) is 2.40. The average Bonchev–Trinajstić information content (AvgIpc) is 2.82. The highest BCUT2D eigenvalue weighted by Crippen LogP contribution is 2.26. The van der Waals surface area contributed by atoms with Gasteiger partial charge in [-0.2, -0.15) is 5.10 Å². The maximum absolute atomic E-state index is 13.8. The Labute approximate surface area is 129 Å². The summed E-state index contributed by atoms with van der Waals surface area (Å²) in [4.78, 5) is 0. The summed E-state index contributed by atoms with van der Waals surface area (Å²) in [5, 5.41) is 4.39. The summed E-state index contributed by atoms with van der Waals surface area (Å²) in [5.41, 5.74) is 8.47. The number of anilines is 1. The van der Waals surface area contributed by atoms with Gasteiger partial charge in [0, 0.05) is 9.13 Å². The van der Waals surface area contributed by atoms with Gasteiger partial charge in [-0.15, -0.1) is 0 Å². The molecule has 1 aromatic heterocycles. The summed E-state index contributed by atoms with van der Waals surface area (Å²) in [7, 11) is 0. The van der Waals surface area contributed by atoms with Crippen LogP contribution < -0.4 is 5.73 Å². The molecule has 1 heterocycles. The van der Waals surface area contributed by atoms with Gasteiger partial charge in [-0.25, -0.2) is 9.07 Å². The molecule has 5 heteroatoms. The van der Waals surface area contributed by atoms with Gasteiger partial charge in [0.25, 0.3) is 0 Å². The number of halogens is 2. The highest BCUT2D eigenvalue weighted by molar-refractivity contribution is 14.1. The average molecular weight is 379 g/mol. The minimum Gasteiger partial charge on any atom is -0.396 e. The molecule has 0 amide bonds.